The van der Waals surface area contributed by atoms with Gasteiger partial charge in [0.05, 0.1) is 0 Å². The highest BCUT2D eigenvalue weighted by Crippen LogP contribution is 2.73. The van der Waals surface area contributed by atoms with Crippen molar-refractivity contribution in [3.8, 4) is 0 Å². The first-order valence-corrected chi connectivity index (χ1v) is 43.0. The molecule has 0 amide bonds. The van der Waals surface area contributed by atoms with Crippen LogP contribution in [-0.4, -0.2) is 81.0 Å². The van der Waals surface area contributed by atoms with Crippen molar-refractivity contribution in [2.75, 3.05) is 0 Å². The fourth-order valence-corrected chi connectivity index (χ4v) is 27.5. The van der Waals surface area contributed by atoms with Gasteiger partial charge >= 0.3 is 41.8 Å². The van der Waals surface area contributed by atoms with Gasteiger partial charge in [0.2, 0.25) is 0 Å². The van der Waals surface area contributed by atoms with Gasteiger partial charge in [0.25, 0.3) is 0 Å². The van der Waals surface area contributed by atoms with E-state index in [1.165, 1.54) is 153 Å². The molecule has 0 aromatic rings. The second kappa shape index (κ2) is 30.9. The minimum Gasteiger partial charge on any atom is -0.456 e. The van der Waals surface area contributed by atoms with Gasteiger partial charge in [-0.3, -0.25) is 0 Å². The maximum Gasteiger partial charge on any atom is 0.333 e. The van der Waals surface area contributed by atoms with Crippen LogP contribution in [0.3, 0.4) is 0 Å². The molecule has 16 rings (SSSR count). The number of hydrogen-bond acceptors (Lipinski definition) is 14. The first-order chi connectivity index (χ1) is 50.8. The first kappa shape index (κ1) is 86.9. The van der Waals surface area contributed by atoms with Gasteiger partial charge in [-0.25, -0.2) is 33.6 Å². The molecule has 0 spiro atoms. The molecule has 0 heterocycles. The van der Waals surface area contributed by atoms with E-state index < -0.39 is 0 Å². The van der Waals surface area contributed by atoms with Crippen LogP contribution in [-0.2, 0) is 66.7 Å². The number of hydrogen-bond donors (Lipinski definition) is 0. The summed E-state index contributed by atoms with van der Waals surface area (Å²) >= 11 is 0. The Balaban J connectivity index is 0.000000137. The van der Waals surface area contributed by atoms with E-state index in [-0.39, 0.29) is 113 Å². The lowest BCUT2D eigenvalue weighted by Gasteiger charge is -2.51. The number of fused-ring (bicyclic) bond motifs is 20. The predicted molar refractivity (Wildman–Crippen MR) is 434 cm³/mol. The second-order valence-corrected chi connectivity index (χ2v) is 42.3. The van der Waals surface area contributed by atoms with E-state index in [0.717, 1.165) is 85.9 Å². The predicted octanol–water partition coefficient (Wildman–Crippen LogP) is 22.0. The zero-order valence-electron chi connectivity index (χ0n) is 72.1. The Morgan fingerprint density at radius 1 is 0.318 bits per heavy atom. The Morgan fingerprint density at radius 3 is 1.00 bits per heavy atom. The zero-order valence-corrected chi connectivity index (χ0v) is 72.1. The first-order valence-electron chi connectivity index (χ1n) is 43.0. The number of carbonyl (C=O) groups is 7. The Morgan fingerprint density at radius 2 is 0.655 bits per heavy atom. The number of esters is 7. The monoisotopic (exact) mass is 1520 g/mol. The van der Waals surface area contributed by atoms with Gasteiger partial charge in [0.1, 0.15) is 39.2 Å². The molecule has 16 saturated carbocycles. The standard InChI is InChI=1S/C15H22O2.2C15H24O2.C14H20O2.C14H22O2.C12H18O2.C11H16O2/c1-9(2)14(16)17-15(3)8-10-7-13(15)12-6-4-5-11(10)12;1-10(2)12(16)17-15(6)9-11-7-8-14(15,5)13(11,3)4;1-10(2)12(16)17-15(6)13(3,4)11-7-8-14(15,5)9-11;1-3-13(15)16-14(2)8-9-7-12(14)11-6-4-5-10(9)11;1-6-11(15)16-14(5)12(2,3)10-7-8-13(14,4)9-10;1-8(2)11(13)14-12(3)7-9-4-5-10(12)6-9;1-3-10(12)13-11(2)7-8-4-5-9(11)6-8/h10-13H,1,4-8H2,2-3H3;2*11H,1,7-9H2,2-6H3;3,9-12H,1,4-8H2,2H3;6,10H,1,7-9H2,2-5H3;9-10H,1,4-7H2,2-3H3;3,8-9H,1,4-7H2,2H3. The normalized spacial score (nSPS) is 44.0. The molecule has 25 unspecified atom stereocenters. The van der Waals surface area contributed by atoms with Gasteiger partial charge in [0.15, 0.2) is 0 Å². The Hall–Kier alpha value is -5.53. The summed E-state index contributed by atoms with van der Waals surface area (Å²) in [6.45, 7) is 67.1. The molecule has 0 saturated heterocycles. The highest BCUT2D eigenvalue weighted by atomic mass is 16.6. The average Bonchev–Trinajstić information content (AvgIpc) is 1.65. The van der Waals surface area contributed by atoms with Crippen LogP contribution >= 0.6 is 0 Å². The van der Waals surface area contributed by atoms with Gasteiger partial charge in [0, 0.05) is 79.4 Å². The minimum atomic E-state index is -0.362. The molecule has 110 heavy (non-hydrogen) atoms. The Kier molecular flexibility index (Phi) is 24.4. The zero-order chi connectivity index (χ0) is 81.7. The Bertz CT molecular complexity index is 3630. The van der Waals surface area contributed by atoms with Crippen LogP contribution in [0.4, 0.5) is 0 Å². The summed E-state index contributed by atoms with van der Waals surface area (Å²) in [6, 6.07) is 0. The quantitative estimate of drug-likeness (QED) is 0.0909. The topological polar surface area (TPSA) is 184 Å². The van der Waals surface area contributed by atoms with Crippen LogP contribution < -0.4 is 0 Å². The molecule has 25 atom stereocenters. The highest BCUT2D eigenvalue weighted by Gasteiger charge is 2.72. The van der Waals surface area contributed by atoms with Crippen molar-refractivity contribution < 1.29 is 66.7 Å². The van der Waals surface area contributed by atoms with Crippen LogP contribution in [0.15, 0.2) is 86.6 Å². The Labute approximate surface area is 663 Å². The van der Waals surface area contributed by atoms with Crippen molar-refractivity contribution in [3.05, 3.63) is 86.6 Å². The van der Waals surface area contributed by atoms with Crippen LogP contribution in [0.25, 0.3) is 0 Å². The van der Waals surface area contributed by atoms with E-state index in [1.54, 1.807) is 27.7 Å². The fraction of sp³-hybridized carbons (Fsp3) is 0.781. The summed E-state index contributed by atoms with van der Waals surface area (Å²) in [5.74, 6) is 9.53. The molecule has 0 aliphatic heterocycles. The molecule has 0 radical (unpaired) electrons. The van der Waals surface area contributed by atoms with E-state index in [1.807, 2.05) is 0 Å². The molecule has 14 nitrogen and oxygen atoms in total. The van der Waals surface area contributed by atoms with Crippen molar-refractivity contribution in [1.29, 1.82) is 0 Å². The summed E-state index contributed by atoms with van der Waals surface area (Å²) in [5.41, 5.74) is 0.960. The molecule has 0 aromatic carbocycles. The van der Waals surface area contributed by atoms with Gasteiger partial charge < -0.3 is 33.2 Å². The summed E-state index contributed by atoms with van der Waals surface area (Å²) in [5, 5.41) is 0. The molecule has 16 fully saturated rings. The van der Waals surface area contributed by atoms with Crippen molar-refractivity contribution in [2.45, 2.75) is 351 Å². The molecule has 0 aromatic heterocycles. The van der Waals surface area contributed by atoms with Crippen molar-refractivity contribution >= 4 is 41.8 Å². The molecular weight excluding hydrogens is 1380 g/mol. The van der Waals surface area contributed by atoms with Crippen molar-refractivity contribution in [3.63, 3.8) is 0 Å². The third-order valence-corrected chi connectivity index (χ3v) is 35.4. The largest absolute Gasteiger partial charge is 0.456 e. The summed E-state index contributed by atoms with van der Waals surface area (Å²) in [4.78, 5) is 81.0. The molecule has 14 heteroatoms. The van der Waals surface area contributed by atoms with E-state index >= 15 is 0 Å². The number of rotatable bonds is 14. The van der Waals surface area contributed by atoms with Gasteiger partial charge in [-0.15, -0.1) is 0 Å². The minimum absolute atomic E-state index is 0.0606. The highest BCUT2D eigenvalue weighted by molar-refractivity contribution is 5.89. The van der Waals surface area contributed by atoms with Gasteiger partial charge in [-0.2, -0.15) is 0 Å². The molecule has 16 aliphatic carbocycles. The second-order valence-electron chi connectivity index (χ2n) is 42.3. The fourth-order valence-electron chi connectivity index (χ4n) is 27.5. The summed E-state index contributed by atoms with van der Waals surface area (Å²) in [7, 11) is 0. The van der Waals surface area contributed by atoms with Crippen LogP contribution in [0.5, 0.6) is 0 Å². The van der Waals surface area contributed by atoms with Crippen LogP contribution in [0.1, 0.15) is 312 Å². The summed E-state index contributed by atoms with van der Waals surface area (Å²) in [6.07, 6.45) is 37.2. The maximum atomic E-state index is 11.9. The van der Waals surface area contributed by atoms with Crippen molar-refractivity contribution in [2.24, 2.45) is 121 Å². The van der Waals surface area contributed by atoms with Crippen molar-refractivity contribution in [1.82, 2.24) is 0 Å². The van der Waals surface area contributed by atoms with E-state index in [9.17, 15) is 33.6 Å². The van der Waals surface area contributed by atoms with Gasteiger partial charge in [-0.05, 0) is 319 Å². The number of carbonyl (C=O) groups excluding carboxylic acids is 7. The molecule has 0 N–H and O–H groups in total. The van der Waals surface area contributed by atoms with Gasteiger partial charge in [-0.1, -0.05) is 121 Å². The lowest BCUT2D eigenvalue weighted by atomic mass is 9.61. The van der Waals surface area contributed by atoms with E-state index in [4.69, 9.17) is 33.2 Å². The van der Waals surface area contributed by atoms with E-state index in [2.05, 4.69) is 157 Å². The average molecular weight is 1520 g/mol. The van der Waals surface area contributed by atoms with Crippen LogP contribution in [0, 0.1) is 121 Å². The lowest BCUT2D eigenvalue weighted by Crippen LogP contribution is -2.54. The third kappa shape index (κ3) is 15.3. The maximum absolute atomic E-state index is 11.9. The molecule has 16 aliphatic rings. The van der Waals surface area contributed by atoms with E-state index in [0.29, 0.717) is 63.7 Å². The molecule has 614 valence electrons. The molecule has 14 bridgehead atoms. The SMILES string of the molecule is C=C(C)C(=O)OC1(C)C2(C)CCC(C2)C1(C)C.C=C(C)C(=O)OC1(C)CC2CC1C1CCCC21.C=C(C)C(=O)OC1(C)CC2CCC1(C)C2(C)C.C=C(C)C(=O)OC1(C)CC2CCC1C2.C=CC(=O)OC1(C)C2(C)CCC(C2)C1(C)C.C=CC(=O)OC1(C)CC2CC1C1CCCC21.C=CC(=O)OC1(C)CC2CCC1C2. The van der Waals surface area contributed by atoms with Crippen LogP contribution in [0.2, 0.25) is 0 Å². The molecular formula is C96H146O14. The lowest BCUT2D eigenvalue weighted by molar-refractivity contribution is -0.189. The number of ether oxygens (including phenoxy) is 7. The smallest absolute Gasteiger partial charge is 0.333 e. The third-order valence-electron chi connectivity index (χ3n) is 35.4. The summed E-state index contributed by atoms with van der Waals surface area (Å²) < 4.78 is 39.8.